The van der Waals surface area contributed by atoms with Gasteiger partial charge in [0.2, 0.25) is 0 Å². The molecule has 2 aromatic carbocycles. The van der Waals surface area contributed by atoms with Crippen LogP contribution in [0.1, 0.15) is 22.0 Å². The van der Waals surface area contributed by atoms with Crippen LogP contribution in [0.2, 0.25) is 0 Å². The van der Waals surface area contributed by atoms with Gasteiger partial charge < -0.3 is 16.6 Å². The van der Waals surface area contributed by atoms with Gasteiger partial charge in [-0.15, -0.1) is 0 Å². The monoisotopic (exact) mass is 271 g/mol. The SMILES string of the molecule is N=C(N)N.O=C(c1ccccc1)C(O)c1ccccc1. The molecule has 0 aliphatic carbocycles. The number of carbonyl (C=O) groups is 1. The van der Waals surface area contributed by atoms with E-state index >= 15 is 0 Å². The smallest absolute Gasteiger partial charge is 0.195 e. The number of hydrogen-bond donors (Lipinski definition) is 4. The summed E-state index contributed by atoms with van der Waals surface area (Å²) >= 11 is 0. The summed E-state index contributed by atoms with van der Waals surface area (Å²) in [6.45, 7) is 0. The molecule has 0 bridgehead atoms. The van der Waals surface area contributed by atoms with Crippen molar-refractivity contribution in [1.82, 2.24) is 0 Å². The van der Waals surface area contributed by atoms with Gasteiger partial charge in [-0.2, -0.15) is 0 Å². The number of hydrogen-bond acceptors (Lipinski definition) is 3. The highest BCUT2D eigenvalue weighted by Crippen LogP contribution is 2.17. The Bertz CT molecular complexity index is 552. The lowest BCUT2D eigenvalue weighted by atomic mass is 10.0. The van der Waals surface area contributed by atoms with Crippen molar-refractivity contribution in [2.75, 3.05) is 0 Å². The first-order valence-electron chi connectivity index (χ1n) is 5.94. The fourth-order valence-corrected chi connectivity index (χ4v) is 1.55. The van der Waals surface area contributed by atoms with Crippen molar-refractivity contribution in [3.8, 4) is 0 Å². The minimum Gasteiger partial charge on any atom is -0.380 e. The lowest BCUT2D eigenvalue weighted by molar-refractivity contribution is 0.0747. The van der Waals surface area contributed by atoms with E-state index in [2.05, 4.69) is 11.5 Å². The second-order valence-corrected chi connectivity index (χ2v) is 4.00. The molecule has 2 aromatic rings. The molecule has 5 heteroatoms. The molecule has 0 amide bonds. The van der Waals surface area contributed by atoms with Crippen molar-refractivity contribution in [3.05, 3.63) is 71.8 Å². The number of guanidine groups is 1. The molecule has 0 aromatic heterocycles. The quantitative estimate of drug-likeness (QED) is 0.384. The first-order chi connectivity index (χ1) is 9.52. The van der Waals surface area contributed by atoms with Gasteiger partial charge in [0.25, 0.3) is 0 Å². The van der Waals surface area contributed by atoms with Crippen LogP contribution in [0.5, 0.6) is 0 Å². The molecular formula is C15H17N3O2. The maximum atomic E-state index is 11.9. The molecule has 0 fully saturated rings. The van der Waals surface area contributed by atoms with Gasteiger partial charge >= 0.3 is 0 Å². The zero-order valence-corrected chi connectivity index (χ0v) is 10.9. The van der Waals surface area contributed by atoms with Crippen LogP contribution in [0.4, 0.5) is 0 Å². The fraction of sp³-hybridized carbons (Fsp3) is 0.0667. The highest BCUT2D eigenvalue weighted by atomic mass is 16.3. The molecule has 2 rings (SSSR count). The van der Waals surface area contributed by atoms with Crippen LogP contribution < -0.4 is 11.5 Å². The first-order valence-corrected chi connectivity index (χ1v) is 5.94. The van der Waals surface area contributed by atoms with Crippen molar-refractivity contribution >= 4 is 11.7 Å². The third-order valence-electron chi connectivity index (χ3n) is 2.42. The van der Waals surface area contributed by atoms with Gasteiger partial charge in [-0.05, 0) is 5.56 Å². The number of carbonyl (C=O) groups excluding carboxylic acids is 1. The van der Waals surface area contributed by atoms with Gasteiger partial charge in [0, 0.05) is 5.56 Å². The molecule has 104 valence electrons. The highest BCUT2D eigenvalue weighted by molar-refractivity contribution is 5.99. The van der Waals surface area contributed by atoms with Gasteiger partial charge in [0.05, 0.1) is 0 Å². The van der Waals surface area contributed by atoms with Crippen LogP contribution in [-0.4, -0.2) is 16.8 Å². The van der Waals surface area contributed by atoms with Gasteiger partial charge in [-0.3, -0.25) is 10.2 Å². The summed E-state index contributed by atoms with van der Waals surface area (Å²) in [7, 11) is 0. The molecule has 0 radical (unpaired) electrons. The number of rotatable bonds is 3. The Morgan fingerprint density at radius 2 is 1.35 bits per heavy atom. The van der Waals surface area contributed by atoms with Crippen molar-refractivity contribution in [1.29, 1.82) is 5.41 Å². The lowest BCUT2D eigenvalue weighted by Gasteiger charge is -2.09. The molecule has 0 heterocycles. The van der Waals surface area contributed by atoms with Gasteiger partial charge in [-0.25, -0.2) is 0 Å². The summed E-state index contributed by atoms with van der Waals surface area (Å²) in [5.41, 5.74) is 10.1. The Kier molecular flexibility index (Phi) is 5.93. The Morgan fingerprint density at radius 3 is 1.80 bits per heavy atom. The normalized spacial score (nSPS) is 10.8. The predicted molar refractivity (Wildman–Crippen MR) is 78.3 cm³/mol. The average molecular weight is 271 g/mol. The molecule has 0 saturated heterocycles. The summed E-state index contributed by atoms with van der Waals surface area (Å²) < 4.78 is 0. The van der Waals surface area contributed by atoms with Crippen LogP contribution in [0, 0.1) is 5.41 Å². The van der Waals surface area contributed by atoms with E-state index in [4.69, 9.17) is 5.41 Å². The Morgan fingerprint density at radius 1 is 0.950 bits per heavy atom. The lowest BCUT2D eigenvalue weighted by Crippen LogP contribution is -2.20. The minimum atomic E-state index is -1.08. The minimum absolute atomic E-state index is 0.271. The summed E-state index contributed by atoms with van der Waals surface area (Å²) in [6, 6.07) is 17.7. The van der Waals surface area contributed by atoms with Crippen molar-refractivity contribution in [3.63, 3.8) is 0 Å². The number of benzene rings is 2. The third-order valence-corrected chi connectivity index (χ3v) is 2.42. The molecule has 20 heavy (non-hydrogen) atoms. The maximum Gasteiger partial charge on any atom is 0.195 e. The summed E-state index contributed by atoms with van der Waals surface area (Å²) in [4.78, 5) is 11.9. The maximum absolute atomic E-state index is 11.9. The number of aliphatic hydroxyl groups excluding tert-OH is 1. The van der Waals surface area contributed by atoms with Gasteiger partial charge in [-0.1, -0.05) is 60.7 Å². The van der Waals surface area contributed by atoms with E-state index in [1.54, 1.807) is 48.5 Å². The summed E-state index contributed by atoms with van der Waals surface area (Å²) in [5.74, 6) is -0.605. The molecule has 0 aliphatic rings. The zero-order chi connectivity index (χ0) is 15.0. The van der Waals surface area contributed by atoms with Gasteiger partial charge in [0.15, 0.2) is 11.7 Å². The van der Waals surface area contributed by atoms with Crippen molar-refractivity contribution in [2.24, 2.45) is 11.5 Å². The van der Waals surface area contributed by atoms with Crippen molar-refractivity contribution in [2.45, 2.75) is 6.10 Å². The molecule has 5 nitrogen and oxygen atoms in total. The van der Waals surface area contributed by atoms with E-state index in [1.165, 1.54) is 0 Å². The molecule has 0 spiro atoms. The Balaban J connectivity index is 0.000000444. The predicted octanol–water partition coefficient (Wildman–Crippen LogP) is 1.44. The summed E-state index contributed by atoms with van der Waals surface area (Å²) in [6.07, 6.45) is -1.08. The van der Waals surface area contributed by atoms with Crippen LogP contribution >= 0.6 is 0 Å². The molecule has 1 unspecified atom stereocenters. The number of aliphatic hydroxyl groups is 1. The van der Waals surface area contributed by atoms with Crippen LogP contribution in [0.25, 0.3) is 0 Å². The van der Waals surface area contributed by atoms with Crippen LogP contribution in [-0.2, 0) is 0 Å². The van der Waals surface area contributed by atoms with E-state index in [-0.39, 0.29) is 11.7 Å². The van der Waals surface area contributed by atoms with Crippen molar-refractivity contribution < 1.29 is 9.90 Å². The van der Waals surface area contributed by atoms with E-state index in [1.807, 2.05) is 12.1 Å². The second-order valence-electron chi connectivity index (χ2n) is 4.00. The Hall–Kier alpha value is -2.66. The summed E-state index contributed by atoms with van der Waals surface area (Å²) in [5, 5.41) is 15.9. The fourth-order valence-electron chi connectivity index (χ4n) is 1.55. The Labute approximate surface area is 117 Å². The van der Waals surface area contributed by atoms with Crippen LogP contribution in [0.3, 0.4) is 0 Å². The molecule has 0 aliphatic heterocycles. The number of nitrogens with two attached hydrogens (primary N) is 2. The zero-order valence-electron chi connectivity index (χ0n) is 10.9. The third kappa shape index (κ3) is 4.91. The molecule has 6 N–H and O–H groups in total. The standard InChI is InChI=1S/C14H12O2.CH5N3/c15-13(11-7-3-1-4-8-11)14(16)12-9-5-2-6-10-12;2-1(3)4/h1-10,13,15H;(H5,2,3,4). The van der Waals surface area contributed by atoms with Crippen LogP contribution in [0.15, 0.2) is 60.7 Å². The van der Waals surface area contributed by atoms with E-state index in [9.17, 15) is 9.90 Å². The van der Waals surface area contributed by atoms with E-state index in [0.29, 0.717) is 11.1 Å². The first kappa shape index (κ1) is 15.4. The molecule has 1 atom stereocenters. The average Bonchev–Trinajstić information content (AvgIpc) is 2.47. The number of nitrogens with one attached hydrogen (secondary N) is 1. The highest BCUT2D eigenvalue weighted by Gasteiger charge is 2.18. The second kappa shape index (κ2) is 7.70. The molecule has 0 saturated carbocycles. The number of ketones is 1. The largest absolute Gasteiger partial charge is 0.380 e. The van der Waals surface area contributed by atoms with E-state index in [0.717, 1.165) is 0 Å². The van der Waals surface area contributed by atoms with E-state index < -0.39 is 6.10 Å². The molecular weight excluding hydrogens is 254 g/mol. The van der Waals surface area contributed by atoms with Gasteiger partial charge in [0.1, 0.15) is 6.10 Å². The number of Topliss-reactive ketones (excluding diaryl/α,β-unsaturated/α-hetero) is 1. The topological polar surface area (TPSA) is 113 Å².